The summed E-state index contributed by atoms with van der Waals surface area (Å²) in [4.78, 5) is 10.9. The monoisotopic (exact) mass is 290 g/mol. The number of aryl methyl sites for hydroxylation is 1. The van der Waals surface area contributed by atoms with Crippen LogP contribution >= 0.6 is 0 Å². The molecule has 0 radical (unpaired) electrons. The fourth-order valence-corrected chi connectivity index (χ4v) is 2.26. The van der Waals surface area contributed by atoms with Crippen molar-refractivity contribution in [2.24, 2.45) is 11.8 Å². The van der Waals surface area contributed by atoms with E-state index in [2.05, 4.69) is 35.4 Å². The van der Waals surface area contributed by atoms with Gasteiger partial charge in [-0.05, 0) is 37.7 Å². The van der Waals surface area contributed by atoms with Gasteiger partial charge in [-0.1, -0.05) is 13.8 Å². The molecule has 1 unspecified atom stereocenters. The van der Waals surface area contributed by atoms with Crippen LogP contribution in [0.3, 0.4) is 0 Å². The van der Waals surface area contributed by atoms with Gasteiger partial charge in [0.2, 0.25) is 0 Å². The van der Waals surface area contributed by atoms with Crippen LogP contribution in [0.1, 0.15) is 43.5 Å². The van der Waals surface area contributed by atoms with Crippen molar-refractivity contribution < 1.29 is 9.90 Å². The first-order valence-corrected chi connectivity index (χ1v) is 7.04. The fraction of sp³-hybridized carbons (Fsp3) is 0.600. The molecule has 0 aliphatic heterocycles. The zero-order valence-corrected chi connectivity index (χ0v) is 13.0. The van der Waals surface area contributed by atoms with Gasteiger partial charge in [-0.25, -0.2) is 0 Å². The number of aromatic nitrogens is 2. The fourth-order valence-electron chi connectivity index (χ4n) is 2.26. The van der Waals surface area contributed by atoms with Gasteiger partial charge >= 0.3 is 5.97 Å². The maximum Gasteiger partial charge on any atom is 0.303 e. The molecule has 0 fully saturated rings. The maximum atomic E-state index is 10.9. The van der Waals surface area contributed by atoms with E-state index in [0.717, 1.165) is 17.7 Å². The highest BCUT2D eigenvalue weighted by Gasteiger charge is 2.17. The van der Waals surface area contributed by atoms with Crippen LogP contribution in [0.25, 0.3) is 0 Å². The molecule has 21 heavy (non-hydrogen) atoms. The van der Waals surface area contributed by atoms with Crippen molar-refractivity contribution in [3.63, 3.8) is 0 Å². The van der Waals surface area contributed by atoms with Gasteiger partial charge in [0.1, 0.15) is 11.6 Å². The van der Waals surface area contributed by atoms with E-state index in [0.29, 0.717) is 23.8 Å². The van der Waals surface area contributed by atoms with Crippen LogP contribution in [0, 0.1) is 37.0 Å². The van der Waals surface area contributed by atoms with Crippen LogP contribution in [0.5, 0.6) is 0 Å². The Balaban J connectivity index is 2.83. The second-order valence-electron chi connectivity index (χ2n) is 5.72. The van der Waals surface area contributed by atoms with Crippen LogP contribution < -0.4 is 5.32 Å². The molecular formula is C15H22N4O2. The molecule has 0 saturated carbocycles. The Bertz CT molecular complexity index is 549. The van der Waals surface area contributed by atoms with E-state index in [4.69, 9.17) is 5.11 Å². The second kappa shape index (κ2) is 7.58. The zero-order chi connectivity index (χ0) is 16.0. The third kappa shape index (κ3) is 5.03. The van der Waals surface area contributed by atoms with E-state index in [-0.39, 0.29) is 12.3 Å². The number of hydrogen-bond acceptors (Lipinski definition) is 5. The highest BCUT2D eigenvalue weighted by Crippen LogP contribution is 2.20. The van der Waals surface area contributed by atoms with Crippen LogP contribution in [-0.2, 0) is 4.79 Å². The summed E-state index contributed by atoms with van der Waals surface area (Å²) < 4.78 is 0. The molecule has 6 heteroatoms. The number of anilines is 1. The van der Waals surface area contributed by atoms with Gasteiger partial charge in [0.25, 0.3) is 0 Å². The molecule has 0 aliphatic carbocycles. The Morgan fingerprint density at radius 1 is 1.38 bits per heavy atom. The average molecular weight is 290 g/mol. The topological polar surface area (TPSA) is 98.9 Å². The summed E-state index contributed by atoms with van der Waals surface area (Å²) in [5, 5.41) is 29.3. The van der Waals surface area contributed by atoms with Crippen molar-refractivity contribution in [2.45, 2.75) is 40.5 Å². The van der Waals surface area contributed by atoms with Crippen molar-refractivity contribution in [3.8, 4) is 6.07 Å². The summed E-state index contributed by atoms with van der Waals surface area (Å²) in [6.07, 6.45) is 0.908. The van der Waals surface area contributed by atoms with Crippen molar-refractivity contribution in [1.29, 1.82) is 5.26 Å². The SMILES string of the molecule is Cc1nnc(NCC(CC(=O)O)CC(C)C)c(C#N)c1C. The second-order valence-corrected chi connectivity index (χ2v) is 5.72. The molecule has 6 nitrogen and oxygen atoms in total. The Labute approximate surface area is 125 Å². The summed E-state index contributed by atoms with van der Waals surface area (Å²) in [5.41, 5.74) is 2.00. The van der Waals surface area contributed by atoms with Gasteiger partial charge in [-0.2, -0.15) is 10.4 Å². The molecule has 0 aromatic carbocycles. The number of aliphatic carboxylic acids is 1. The summed E-state index contributed by atoms with van der Waals surface area (Å²) in [5.74, 6) is 0.0312. The Morgan fingerprint density at radius 2 is 2.05 bits per heavy atom. The van der Waals surface area contributed by atoms with Crippen LogP contribution in [0.4, 0.5) is 5.82 Å². The predicted octanol–water partition coefficient (Wildman–Crippen LogP) is 2.51. The third-order valence-corrected chi connectivity index (χ3v) is 3.39. The first-order valence-electron chi connectivity index (χ1n) is 7.04. The zero-order valence-electron chi connectivity index (χ0n) is 13.0. The maximum absolute atomic E-state index is 10.9. The number of carbonyl (C=O) groups is 1. The summed E-state index contributed by atoms with van der Waals surface area (Å²) in [6, 6.07) is 2.13. The minimum Gasteiger partial charge on any atom is -0.481 e. The molecular weight excluding hydrogens is 268 g/mol. The molecule has 0 saturated heterocycles. The number of rotatable bonds is 7. The van der Waals surface area contributed by atoms with E-state index in [1.807, 2.05) is 6.92 Å². The number of carboxylic acid groups (broad SMARTS) is 1. The number of nitrogens with one attached hydrogen (secondary N) is 1. The lowest BCUT2D eigenvalue weighted by molar-refractivity contribution is -0.138. The minimum atomic E-state index is -0.811. The molecule has 0 amide bonds. The van der Waals surface area contributed by atoms with Gasteiger partial charge in [-0.3, -0.25) is 4.79 Å². The highest BCUT2D eigenvalue weighted by atomic mass is 16.4. The normalized spacial score (nSPS) is 12.0. The number of nitrogens with zero attached hydrogens (tertiary/aromatic N) is 3. The van der Waals surface area contributed by atoms with Crippen LogP contribution in [0.2, 0.25) is 0 Å². The Kier molecular flexibility index (Phi) is 6.10. The van der Waals surface area contributed by atoms with E-state index in [1.54, 1.807) is 6.92 Å². The summed E-state index contributed by atoms with van der Waals surface area (Å²) in [6.45, 7) is 8.22. The summed E-state index contributed by atoms with van der Waals surface area (Å²) in [7, 11) is 0. The largest absolute Gasteiger partial charge is 0.481 e. The van der Waals surface area contributed by atoms with Gasteiger partial charge in [0.05, 0.1) is 5.69 Å². The van der Waals surface area contributed by atoms with Crippen LogP contribution in [-0.4, -0.2) is 27.8 Å². The molecule has 0 spiro atoms. The molecule has 1 aromatic rings. The standard InChI is InChI=1S/C15H22N4O2/c1-9(2)5-12(6-14(20)21)8-17-15-13(7-16)10(3)11(4)18-19-15/h9,12H,5-6,8H2,1-4H3,(H,17,19)(H,20,21). The Morgan fingerprint density at radius 3 is 2.57 bits per heavy atom. The van der Waals surface area contributed by atoms with E-state index in [9.17, 15) is 10.1 Å². The van der Waals surface area contributed by atoms with Gasteiger partial charge in [-0.15, -0.1) is 5.10 Å². The van der Waals surface area contributed by atoms with Crippen molar-refractivity contribution in [2.75, 3.05) is 11.9 Å². The number of hydrogen-bond donors (Lipinski definition) is 2. The van der Waals surface area contributed by atoms with E-state index < -0.39 is 5.97 Å². The van der Waals surface area contributed by atoms with Crippen molar-refractivity contribution in [1.82, 2.24) is 10.2 Å². The molecule has 1 aromatic heterocycles. The quantitative estimate of drug-likeness (QED) is 0.800. The molecule has 1 atom stereocenters. The molecule has 0 aliphatic rings. The predicted molar refractivity (Wildman–Crippen MR) is 79.9 cm³/mol. The van der Waals surface area contributed by atoms with E-state index >= 15 is 0 Å². The first-order chi connectivity index (χ1) is 9.85. The summed E-state index contributed by atoms with van der Waals surface area (Å²) >= 11 is 0. The van der Waals surface area contributed by atoms with Gasteiger partial charge < -0.3 is 10.4 Å². The highest BCUT2D eigenvalue weighted by molar-refractivity contribution is 5.67. The third-order valence-electron chi connectivity index (χ3n) is 3.39. The lowest BCUT2D eigenvalue weighted by Gasteiger charge is -2.18. The number of carboxylic acids is 1. The molecule has 0 bridgehead atoms. The van der Waals surface area contributed by atoms with Gasteiger partial charge in [0, 0.05) is 13.0 Å². The van der Waals surface area contributed by atoms with Crippen molar-refractivity contribution in [3.05, 3.63) is 16.8 Å². The number of nitriles is 1. The Hall–Kier alpha value is -2.16. The smallest absolute Gasteiger partial charge is 0.303 e. The molecule has 2 N–H and O–H groups in total. The van der Waals surface area contributed by atoms with Gasteiger partial charge in [0.15, 0.2) is 5.82 Å². The average Bonchev–Trinajstić information content (AvgIpc) is 2.38. The molecule has 1 heterocycles. The first kappa shape index (κ1) is 16.9. The lowest BCUT2D eigenvalue weighted by Crippen LogP contribution is -2.21. The van der Waals surface area contributed by atoms with Crippen LogP contribution in [0.15, 0.2) is 0 Å². The minimum absolute atomic E-state index is 0.00236. The molecule has 1 rings (SSSR count). The van der Waals surface area contributed by atoms with Crippen molar-refractivity contribution >= 4 is 11.8 Å². The lowest BCUT2D eigenvalue weighted by atomic mass is 9.94. The van der Waals surface area contributed by atoms with E-state index in [1.165, 1.54) is 0 Å². The molecule has 114 valence electrons.